The Kier molecular flexibility index (Phi) is 3.99. The molecule has 0 bridgehead atoms. The fourth-order valence-electron chi connectivity index (χ4n) is 2.01. The largest absolute Gasteiger partial charge is 0.242 e. The highest BCUT2D eigenvalue weighted by atomic mass is 35.5. The smallest absolute Gasteiger partial charge is 0.207 e. The molecule has 1 fully saturated rings. The number of nitrogens with zero attached hydrogens (tertiary/aromatic N) is 1. The van der Waals surface area contributed by atoms with Crippen molar-refractivity contribution < 1.29 is 8.42 Å². The van der Waals surface area contributed by atoms with Gasteiger partial charge in [0, 0.05) is 19.5 Å². The lowest BCUT2D eigenvalue weighted by Crippen LogP contribution is -2.29. The van der Waals surface area contributed by atoms with Crippen LogP contribution in [0.25, 0.3) is 0 Å². The summed E-state index contributed by atoms with van der Waals surface area (Å²) >= 11 is 5.69. The van der Waals surface area contributed by atoms with Crippen LogP contribution >= 0.6 is 11.6 Å². The van der Waals surface area contributed by atoms with Gasteiger partial charge in [0.1, 0.15) is 0 Å². The van der Waals surface area contributed by atoms with E-state index in [0.717, 1.165) is 12.0 Å². The molecule has 1 aliphatic rings. The van der Waals surface area contributed by atoms with Gasteiger partial charge in [0.15, 0.2) is 0 Å². The van der Waals surface area contributed by atoms with Gasteiger partial charge in [-0.3, -0.25) is 0 Å². The Morgan fingerprint density at radius 2 is 1.89 bits per heavy atom. The van der Waals surface area contributed by atoms with Crippen molar-refractivity contribution in [2.45, 2.75) is 24.1 Å². The highest BCUT2D eigenvalue weighted by molar-refractivity contribution is 7.89. The lowest BCUT2D eigenvalue weighted by Gasteiger charge is -2.17. The molecule has 1 aliphatic carbocycles. The van der Waals surface area contributed by atoms with E-state index in [1.807, 2.05) is 0 Å². The van der Waals surface area contributed by atoms with Crippen molar-refractivity contribution in [1.82, 2.24) is 4.31 Å². The van der Waals surface area contributed by atoms with Gasteiger partial charge in [0.25, 0.3) is 0 Å². The molecule has 100 valence electrons. The minimum atomic E-state index is -3.35. The van der Waals surface area contributed by atoms with Gasteiger partial charge in [-0.15, -0.1) is 11.6 Å². The second-order valence-electron chi connectivity index (χ2n) is 5.04. The first-order chi connectivity index (χ1) is 8.45. The van der Waals surface area contributed by atoms with Gasteiger partial charge in [0.05, 0.1) is 4.90 Å². The molecule has 2 atom stereocenters. The predicted molar refractivity (Wildman–Crippen MR) is 73.1 cm³/mol. The van der Waals surface area contributed by atoms with Crippen molar-refractivity contribution >= 4 is 21.6 Å². The minimum absolute atomic E-state index is 0.340. The molecule has 5 heteroatoms. The van der Waals surface area contributed by atoms with E-state index in [-0.39, 0.29) is 0 Å². The third-order valence-electron chi connectivity index (χ3n) is 3.55. The van der Waals surface area contributed by atoms with E-state index in [1.54, 1.807) is 31.3 Å². The average Bonchev–Trinajstić information content (AvgIpc) is 3.05. The van der Waals surface area contributed by atoms with Crippen LogP contribution in [0, 0.1) is 11.8 Å². The summed E-state index contributed by atoms with van der Waals surface area (Å²) < 4.78 is 26.0. The summed E-state index contributed by atoms with van der Waals surface area (Å²) in [5, 5.41) is 0. The molecule has 0 saturated heterocycles. The molecule has 2 unspecified atom stereocenters. The molecule has 3 nitrogen and oxygen atoms in total. The molecule has 18 heavy (non-hydrogen) atoms. The summed E-state index contributed by atoms with van der Waals surface area (Å²) in [5.74, 6) is 1.57. The number of hydrogen-bond acceptors (Lipinski definition) is 2. The van der Waals surface area contributed by atoms with E-state index in [1.165, 1.54) is 4.31 Å². The zero-order valence-electron chi connectivity index (χ0n) is 10.6. The van der Waals surface area contributed by atoms with Crippen molar-refractivity contribution in [2.75, 3.05) is 13.6 Å². The highest BCUT2D eigenvalue weighted by Gasteiger charge is 2.36. The second-order valence-corrected chi connectivity index (χ2v) is 7.35. The van der Waals surface area contributed by atoms with Gasteiger partial charge < -0.3 is 0 Å². The van der Waals surface area contributed by atoms with E-state index < -0.39 is 10.0 Å². The molecule has 1 aromatic carbocycles. The van der Waals surface area contributed by atoms with Crippen LogP contribution < -0.4 is 0 Å². The topological polar surface area (TPSA) is 37.4 Å². The molecule has 0 heterocycles. The molecule has 0 aliphatic heterocycles. The van der Waals surface area contributed by atoms with Crippen LogP contribution in [-0.4, -0.2) is 26.3 Å². The Morgan fingerprint density at radius 3 is 2.33 bits per heavy atom. The summed E-state index contributed by atoms with van der Waals surface area (Å²) in [7, 11) is -1.70. The maximum atomic E-state index is 12.3. The summed E-state index contributed by atoms with van der Waals surface area (Å²) in [6.07, 6.45) is 1.13. The van der Waals surface area contributed by atoms with Crippen molar-refractivity contribution in [1.29, 1.82) is 0 Å². The Bertz CT molecular complexity index is 512. The van der Waals surface area contributed by atoms with E-state index in [0.29, 0.717) is 29.2 Å². The van der Waals surface area contributed by atoms with Crippen LogP contribution in [0.1, 0.15) is 18.9 Å². The third-order valence-corrected chi connectivity index (χ3v) is 5.70. The van der Waals surface area contributed by atoms with Crippen LogP contribution in [-0.2, 0) is 15.9 Å². The van der Waals surface area contributed by atoms with Gasteiger partial charge in [-0.05, 0) is 36.0 Å². The number of alkyl halides is 1. The fraction of sp³-hybridized carbons (Fsp3) is 0.538. The summed E-state index contributed by atoms with van der Waals surface area (Å²) in [4.78, 5) is 0.340. The Balaban J connectivity index is 2.13. The second kappa shape index (κ2) is 5.19. The zero-order chi connectivity index (χ0) is 13.3. The van der Waals surface area contributed by atoms with Gasteiger partial charge in [-0.1, -0.05) is 19.1 Å². The molecule has 0 aromatic heterocycles. The lowest BCUT2D eigenvalue weighted by atomic mass is 10.2. The minimum Gasteiger partial charge on any atom is -0.207 e. The monoisotopic (exact) mass is 287 g/mol. The number of sulfonamides is 1. The standard InChI is InChI=1S/C13H18ClNO2S/c1-10-7-12(10)9-15(2)18(16,17)13-5-3-11(8-14)4-6-13/h3-6,10,12H,7-9H2,1-2H3. The zero-order valence-corrected chi connectivity index (χ0v) is 12.2. The third kappa shape index (κ3) is 2.87. The average molecular weight is 288 g/mol. The summed E-state index contributed by atoms with van der Waals surface area (Å²) in [5.41, 5.74) is 0.925. The highest BCUT2D eigenvalue weighted by Crippen LogP contribution is 2.38. The van der Waals surface area contributed by atoms with Crippen LogP contribution in [0.3, 0.4) is 0 Å². The number of rotatable bonds is 5. The molecule has 1 saturated carbocycles. The quantitative estimate of drug-likeness (QED) is 0.781. The van der Waals surface area contributed by atoms with Crippen molar-refractivity contribution in [3.05, 3.63) is 29.8 Å². The Morgan fingerprint density at radius 1 is 1.33 bits per heavy atom. The van der Waals surface area contributed by atoms with Crippen LogP contribution in [0.2, 0.25) is 0 Å². The predicted octanol–water partition coefficient (Wildman–Crippen LogP) is 2.70. The van der Waals surface area contributed by atoms with Crippen molar-refractivity contribution in [3.63, 3.8) is 0 Å². The summed E-state index contributed by atoms with van der Waals surface area (Å²) in [6.45, 7) is 2.77. The molecule has 0 spiro atoms. The molecule has 1 aromatic rings. The first-order valence-corrected chi connectivity index (χ1v) is 8.04. The van der Waals surface area contributed by atoms with E-state index in [9.17, 15) is 8.42 Å². The first kappa shape index (κ1) is 13.8. The molecular formula is C13H18ClNO2S. The van der Waals surface area contributed by atoms with Gasteiger partial charge in [0.2, 0.25) is 10.0 Å². The van der Waals surface area contributed by atoms with Gasteiger partial charge in [-0.25, -0.2) is 12.7 Å². The molecular weight excluding hydrogens is 270 g/mol. The van der Waals surface area contributed by atoms with Crippen molar-refractivity contribution in [3.8, 4) is 0 Å². The number of benzene rings is 1. The van der Waals surface area contributed by atoms with Crippen LogP contribution in [0.5, 0.6) is 0 Å². The van der Waals surface area contributed by atoms with Gasteiger partial charge >= 0.3 is 0 Å². The Labute approximate surface area is 114 Å². The molecule has 2 rings (SSSR count). The van der Waals surface area contributed by atoms with E-state index >= 15 is 0 Å². The SMILES string of the molecule is CC1CC1CN(C)S(=O)(=O)c1ccc(CCl)cc1. The number of halogens is 1. The summed E-state index contributed by atoms with van der Waals surface area (Å²) in [6, 6.07) is 6.76. The molecule has 0 radical (unpaired) electrons. The normalized spacial score (nSPS) is 23.3. The van der Waals surface area contributed by atoms with Crippen molar-refractivity contribution in [2.24, 2.45) is 11.8 Å². The lowest BCUT2D eigenvalue weighted by molar-refractivity contribution is 0.444. The van der Waals surface area contributed by atoms with E-state index in [4.69, 9.17) is 11.6 Å². The van der Waals surface area contributed by atoms with Crippen LogP contribution in [0.15, 0.2) is 29.2 Å². The van der Waals surface area contributed by atoms with Crippen LogP contribution in [0.4, 0.5) is 0 Å². The molecule has 0 amide bonds. The maximum Gasteiger partial charge on any atom is 0.242 e. The van der Waals surface area contributed by atoms with E-state index in [2.05, 4.69) is 6.92 Å². The van der Waals surface area contributed by atoms with Gasteiger partial charge in [-0.2, -0.15) is 0 Å². The first-order valence-electron chi connectivity index (χ1n) is 6.06. The molecule has 0 N–H and O–H groups in total. The Hall–Kier alpha value is -0.580. The number of hydrogen-bond donors (Lipinski definition) is 0. The maximum absolute atomic E-state index is 12.3. The fourth-order valence-corrected chi connectivity index (χ4v) is 3.42.